The van der Waals surface area contributed by atoms with E-state index in [0.29, 0.717) is 39.5 Å². The number of halogens is 1. The summed E-state index contributed by atoms with van der Waals surface area (Å²) in [5, 5.41) is 4.61. The Balaban J connectivity index is 1.57. The Bertz CT molecular complexity index is 1160. The predicted molar refractivity (Wildman–Crippen MR) is 127 cm³/mol. The van der Waals surface area contributed by atoms with Crippen LogP contribution in [0.2, 0.25) is 5.02 Å². The van der Waals surface area contributed by atoms with E-state index < -0.39 is 0 Å². The van der Waals surface area contributed by atoms with Crippen LogP contribution in [0, 0.1) is 0 Å². The molecule has 2 aliphatic rings. The minimum Gasteiger partial charge on any atom is -0.491 e. The molecular formula is C24H27ClN4O4. The van der Waals surface area contributed by atoms with E-state index in [2.05, 4.69) is 27.2 Å². The molecule has 0 atom stereocenters. The summed E-state index contributed by atoms with van der Waals surface area (Å²) in [5.41, 5.74) is 1.31. The van der Waals surface area contributed by atoms with Gasteiger partial charge in [0.1, 0.15) is 35.4 Å². The van der Waals surface area contributed by atoms with E-state index in [1.807, 2.05) is 26.0 Å². The molecule has 2 aliphatic heterocycles. The molecule has 0 bridgehead atoms. The lowest BCUT2D eigenvalue weighted by Gasteiger charge is -2.30. The molecule has 33 heavy (non-hydrogen) atoms. The minimum absolute atomic E-state index is 0.0286. The van der Waals surface area contributed by atoms with Gasteiger partial charge in [0.05, 0.1) is 22.0 Å². The van der Waals surface area contributed by atoms with Crippen molar-refractivity contribution >= 4 is 34.0 Å². The second-order valence-corrected chi connectivity index (χ2v) is 9.01. The molecule has 0 amide bonds. The smallest absolute Gasteiger partial charge is 0.231 e. The maximum absolute atomic E-state index is 6.52. The van der Waals surface area contributed by atoms with Gasteiger partial charge in [-0.3, -0.25) is 0 Å². The maximum atomic E-state index is 6.52. The maximum Gasteiger partial charge on any atom is 0.231 e. The van der Waals surface area contributed by atoms with Gasteiger partial charge in [0.15, 0.2) is 11.5 Å². The molecule has 3 aromatic rings. The van der Waals surface area contributed by atoms with Gasteiger partial charge < -0.3 is 29.2 Å². The zero-order valence-corrected chi connectivity index (χ0v) is 19.7. The summed E-state index contributed by atoms with van der Waals surface area (Å²) < 4.78 is 23.7. The quantitative estimate of drug-likeness (QED) is 0.538. The van der Waals surface area contributed by atoms with E-state index in [-0.39, 0.29) is 19.0 Å². The topological polar surface area (TPSA) is 78.0 Å². The van der Waals surface area contributed by atoms with Crippen LogP contribution in [0.4, 0.5) is 11.5 Å². The second kappa shape index (κ2) is 9.11. The zero-order valence-electron chi connectivity index (χ0n) is 18.9. The number of nitrogens with zero attached hydrogens (tertiary/aromatic N) is 3. The summed E-state index contributed by atoms with van der Waals surface area (Å²) in [6.45, 7) is 6.13. The minimum atomic E-state index is 0.0286. The molecule has 3 heterocycles. The fourth-order valence-electron chi connectivity index (χ4n) is 4.12. The number of aromatic nitrogens is 2. The molecule has 174 valence electrons. The number of likely N-dealkylation sites (tertiary alicyclic amines) is 1. The van der Waals surface area contributed by atoms with Gasteiger partial charge in [-0.2, -0.15) is 0 Å². The molecule has 9 heteroatoms. The van der Waals surface area contributed by atoms with Gasteiger partial charge in [-0.25, -0.2) is 9.97 Å². The molecule has 0 radical (unpaired) electrons. The third-order valence-electron chi connectivity index (χ3n) is 5.74. The highest BCUT2D eigenvalue weighted by Crippen LogP contribution is 2.46. The van der Waals surface area contributed by atoms with Crippen molar-refractivity contribution in [2.45, 2.75) is 38.9 Å². The number of nitrogens with one attached hydrogen (secondary N) is 1. The van der Waals surface area contributed by atoms with Crippen molar-refractivity contribution in [3.05, 3.63) is 35.6 Å². The number of fused-ring (bicyclic) bond motifs is 2. The van der Waals surface area contributed by atoms with Crippen LogP contribution in [0.1, 0.15) is 26.7 Å². The summed E-state index contributed by atoms with van der Waals surface area (Å²) >= 11 is 6.50. The van der Waals surface area contributed by atoms with Crippen LogP contribution in [-0.4, -0.2) is 54.0 Å². The summed E-state index contributed by atoms with van der Waals surface area (Å²) in [6, 6.07) is 7.38. The lowest BCUT2D eigenvalue weighted by molar-refractivity contribution is 0.115. The van der Waals surface area contributed by atoms with Crippen LogP contribution in [0.25, 0.3) is 10.9 Å². The number of benzene rings is 2. The summed E-state index contributed by atoms with van der Waals surface area (Å²) in [4.78, 5) is 11.3. The van der Waals surface area contributed by atoms with Crippen LogP contribution in [0.3, 0.4) is 0 Å². The van der Waals surface area contributed by atoms with Gasteiger partial charge in [-0.15, -0.1) is 0 Å². The summed E-state index contributed by atoms with van der Waals surface area (Å²) in [5.74, 6) is 3.16. The first-order valence-corrected chi connectivity index (χ1v) is 11.5. The number of rotatable bonds is 6. The Morgan fingerprint density at radius 1 is 1.15 bits per heavy atom. The molecule has 1 aromatic heterocycles. The van der Waals surface area contributed by atoms with E-state index in [1.165, 1.54) is 6.33 Å². The standard InChI is InChI=1S/C24H27ClN4O4/c1-14(2)32-16-10-18-21(20(11-16)33-15-6-8-29(3)9-7-15)24(27-12-26-18)28-22-17(25)4-5-19-23(22)31-13-30-19/h4-5,10-12,14-15H,6-9,13H2,1-3H3,(H,26,27,28). The highest BCUT2D eigenvalue weighted by Gasteiger charge is 2.24. The Labute approximate surface area is 197 Å². The molecule has 5 rings (SSSR count). The first kappa shape index (κ1) is 21.9. The average molecular weight is 471 g/mol. The van der Waals surface area contributed by atoms with Gasteiger partial charge in [-0.05, 0) is 45.9 Å². The number of hydrogen-bond donors (Lipinski definition) is 1. The molecule has 0 saturated carbocycles. The van der Waals surface area contributed by atoms with Gasteiger partial charge in [0.2, 0.25) is 6.79 Å². The summed E-state index contributed by atoms with van der Waals surface area (Å²) in [6.07, 6.45) is 3.55. The first-order valence-electron chi connectivity index (χ1n) is 11.1. The molecule has 1 N–H and O–H groups in total. The predicted octanol–water partition coefficient (Wildman–Crippen LogP) is 5.02. The van der Waals surface area contributed by atoms with Crippen molar-refractivity contribution in [2.24, 2.45) is 0 Å². The highest BCUT2D eigenvalue weighted by atomic mass is 35.5. The van der Waals surface area contributed by atoms with E-state index >= 15 is 0 Å². The summed E-state index contributed by atoms with van der Waals surface area (Å²) in [7, 11) is 2.13. The van der Waals surface area contributed by atoms with Crippen LogP contribution in [-0.2, 0) is 0 Å². The average Bonchev–Trinajstić information content (AvgIpc) is 3.26. The number of hydrogen-bond acceptors (Lipinski definition) is 8. The van der Waals surface area contributed by atoms with Crippen LogP contribution in [0.15, 0.2) is 30.6 Å². The van der Waals surface area contributed by atoms with Gasteiger partial charge in [0, 0.05) is 25.2 Å². The molecule has 0 spiro atoms. The normalized spacial score (nSPS) is 16.4. The van der Waals surface area contributed by atoms with Gasteiger partial charge in [0.25, 0.3) is 0 Å². The van der Waals surface area contributed by atoms with E-state index in [0.717, 1.165) is 36.8 Å². The zero-order chi connectivity index (χ0) is 22.9. The molecular weight excluding hydrogens is 444 g/mol. The van der Waals surface area contributed by atoms with Crippen molar-refractivity contribution in [3.8, 4) is 23.0 Å². The molecule has 1 saturated heterocycles. The third-order valence-corrected chi connectivity index (χ3v) is 6.05. The van der Waals surface area contributed by atoms with Crippen LogP contribution < -0.4 is 24.3 Å². The van der Waals surface area contributed by atoms with E-state index in [9.17, 15) is 0 Å². The Morgan fingerprint density at radius 2 is 1.97 bits per heavy atom. The fraction of sp³-hybridized carbons (Fsp3) is 0.417. The largest absolute Gasteiger partial charge is 0.491 e. The van der Waals surface area contributed by atoms with Crippen molar-refractivity contribution in [1.29, 1.82) is 0 Å². The Morgan fingerprint density at radius 3 is 2.76 bits per heavy atom. The monoisotopic (exact) mass is 470 g/mol. The lowest BCUT2D eigenvalue weighted by Crippen LogP contribution is -2.35. The van der Waals surface area contributed by atoms with Gasteiger partial charge in [-0.1, -0.05) is 11.6 Å². The van der Waals surface area contributed by atoms with Crippen molar-refractivity contribution in [1.82, 2.24) is 14.9 Å². The molecule has 0 aliphatic carbocycles. The fourth-order valence-corrected chi connectivity index (χ4v) is 4.32. The number of ether oxygens (including phenoxy) is 4. The highest BCUT2D eigenvalue weighted by molar-refractivity contribution is 6.34. The van der Waals surface area contributed by atoms with E-state index in [4.69, 9.17) is 30.5 Å². The van der Waals surface area contributed by atoms with Crippen LogP contribution in [0.5, 0.6) is 23.0 Å². The number of piperidine rings is 1. The first-order chi connectivity index (χ1) is 16.0. The molecule has 1 fully saturated rings. The van der Waals surface area contributed by atoms with E-state index in [1.54, 1.807) is 12.1 Å². The molecule has 0 unspecified atom stereocenters. The molecule has 2 aromatic carbocycles. The van der Waals surface area contributed by atoms with Crippen molar-refractivity contribution < 1.29 is 18.9 Å². The van der Waals surface area contributed by atoms with Crippen molar-refractivity contribution in [2.75, 3.05) is 32.2 Å². The Kier molecular flexibility index (Phi) is 6.03. The second-order valence-electron chi connectivity index (χ2n) is 8.61. The third kappa shape index (κ3) is 4.58. The van der Waals surface area contributed by atoms with Crippen LogP contribution >= 0.6 is 11.6 Å². The van der Waals surface area contributed by atoms with Crippen molar-refractivity contribution in [3.63, 3.8) is 0 Å². The lowest BCUT2D eigenvalue weighted by atomic mass is 10.1. The SMILES string of the molecule is CC(C)Oc1cc(OC2CCN(C)CC2)c2c(Nc3c(Cl)ccc4c3OCO4)ncnc2c1. The van der Waals surface area contributed by atoms with Gasteiger partial charge >= 0.3 is 0 Å². The molecule has 8 nitrogen and oxygen atoms in total. The number of anilines is 2. The Hall–Kier alpha value is -2.97.